The van der Waals surface area contributed by atoms with Crippen LogP contribution >= 0.6 is 18.7 Å². The number of H-pyrrole nitrogens is 1. The normalized spacial score (nSPS) is 20.6. The number of nitrogens with zero attached hydrogens (tertiary/aromatic N) is 2. The zero-order chi connectivity index (χ0) is 23.0. The van der Waals surface area contributed by atoms with Crippen LogP contribution in [0.5, 0.6) is 5.75 Å². The Bertz CT molecular complexity index is 1360. The van der Waals surface area contributed by atoms with E-state index in [1.165, 1.54) is 0 Å². The smallest absolute Gasteiger partial charge is 0.227 e. The van der Waals surface area contributed by atoms with Crippen LogP contribution < -0.4 is 21.1 Å². The van der Waals surface area contributed by atoms with Crippen molar-refractivity contribution in [2.24, 2.45) is 5.73 Å². The molecule has 1 aliphatic rings. The molecule has 0 atom stereocenters. The Morgan fingerprint density at radius 3 is 2.79 bits per heavy atom. The summed E-state index contributed by atoms with van der Waals surface area (Å²) in [6.07, 6.45) is 6.32. The molecular weight excluding hydrogens is 457 g/mol. The Morgan fingerprint density at radius 2 is 2.00 bits per heavy atom. The van der Waals surface area contributed by atoms with E-state index >= 15 is 0 Å². The second-order valence-corrected chi connectivity index (χ2v) is 11.9. The number of fused-ring (bicyclic) bond motifs is 1. The van der Waals surface area contributed by atoms with Crippen molar-refractivity contribution in [2.45, 2.75) is 18.9 Å². The monoisotopic (exact) mass is 481 g/mol. The van der Waals surface area contributed by atoms with Gasteiger partial charge in [0.25, 0.3) is 0 Å². The Kier molecular flexibility index (Phi) is 5.87. The van der Waals surface area contributed by atoms with Crippen molar-refractivity contribution in [3.63, 3.8) is 0 Å². The van der Waals surface area contributed by atoms with Crippen LogP contribution in [0.25, 0.3) is 22.2 Å². The molecule has 0 saturated carbocycles. The number of rotatable bonds is 5. The summed E-state index contributed by atoms with van der Waals surface area (Å²) >= 11 is 6.45. The van der Waals surface area contributed by atoms with Gasteiger partial charge >= 0.3 is 0 Å². The second kappa shape index (κ2) is 8.82. The van der Waals surface area contributed by atoms with Gasteiger partial charge in [-0.2, -0.15) is 0 Å². The van der Waals surface area contributed by atoms with Crippen molar-refractivity contribution in [1.82, 2.24) is 15.0 Å². The molecular formula is C24H25ClN5O2P. The predicted molar refractivity (Wildman–Crippen MR) is 135 cm³/mol. The predicted octanol–water partition coefficient (Wildman–Crippen LogP) is 5.14. The molecule has 1 saturated heterocycles. The van der Waals surface area contributed by atoms with Gasteiger partial charge in [0.05, 0.1) is 29.7 Å². The SMILES string of the molecule is COc1cc([P@]2(=O)CC[C@@H](N)CC2)ccc1Nc1ncc(Cl)c(-c2c[nH]c3ccccc23)n1. The third kappa shape index (κ3) is 4.24. The maximum absolute atomic E-state index is 13.5. The Balaban J connectivity index is 1.46. The molecule has 0 radical (unpaired) electrons. The van der Waals surface area contributed by atoms with Crippen LogP contribution in [0.15, 0.2) is 54.9 Å². The van der Waals surface area contributed by atoms with Gasteiger partial charge in [-0.15, -0.1) is 0 Å². The fourth-order valence-corrected chi connectivity index (χ4v) is 7.43. The average molecular weight is 482 g/mol. The number of ether oxygens (including phenoxy) is 1. The molecule has 0 unspecified atom stereocenters. The van der Waals surface area contributed by atoms with Crippen LogP contribution in [-0.4, -0.2) is 40.4 Å². The number of methoxy groups -OCH3 is 1. The molecule has 1 aliphatic heterocycles. The summed E-state index contributed by atoms with van der Waals surface area (Å²) in [6.45, 7) is 0. The molecule has 9 heteroatoms. The number of benzene rings is 2. The minimum atomic E-state index is -2.46. The van der Waals surface area contributed by atoms with Crippen molar-refractivity contribution in [1.29, 1.82) is 0 Å². The first kappa shape index (κ1) is 22.0. The number of nitrogens with two attached hydrogens (primary N) is 1. The fourth-order valence-electron chi connectivity index (χ4n) is 4.30. The van der Waals surface area contributed by atoms with E-state index in [2.05, 4.69) is 20.3 Å². The Hall–Kier alpha value is -2.86. The molecule has 0 aliphatic carbocycles. The first-order valence-corrected chi connectivity index (χ1v) is 13.3. The highest BCUT2D eigenvalue weighted by Gasteiger charge is 2.31. The lowest BCUT2D eigenvalue weighted by atomic mass is 10.1. The fraction of sp³-hybridized carbons (Fsp3) is 0.250. The number of aromatic amines is 1. The Morgan fingerprint density at radius 1 is 1.21 bits per heavy atom. The van der Waals surface area contributed by atoms with Crippen molar-refractivity contribution in [2.75, 3.05) is 24.8 Å². The molecule has 1 fully saturated rings. The first-order chi connectivity index (χ1) is 16.0. The number of aromatic nitrogens is 3. The van der Waals surface area contributed by atoms with Crippen molar-refractivity contribution < 1.29 is 9.30 Å². The van der Waals surface area contributed by atoms with E-state index in [1.54, 1.807) is 13.3 Å². The van der Waals surface area contributed by atoms with Gasteiger partial charge in [0.2, 0.25) is 5.95 Å². The molecule has 5 rings (SSSR count). The third-order valence-corrected chi connectivity index (χ3v) is 9.67. The van der Waals surface area contributed by atoms with Gasteiger partial charge in [-0.1, -0.05) is 29.8 Å². The van der Waals surface area contributed by atoms with Crippen molar-refractivity contribution in [3.05, 3.63) is 59.9 Å². The highest BCUT2D eigenvalue weighted by Crippen LogP contribution is 2.50. The van der Waals surface area contributed by atoms with Gasteiger partial charge in [-0.05, 0) is 37.1 Å². The molecule has 33 heavy (non-hydrogen) atoms. The lowest BCUT2D eigenvalue weighted by Crippen LogP contribution is -2.29. The van der Waals surface area contributed by atoms with Gasteiger partial charge in [0, 0.05) is 46.3 Å². The molecule has 0 bridgehead atoms. The zero-order valence-corrected chi connectivity index (χ0v) is 19.9. The summed E-state index contributed by atoms with van der Waals surface area (Å²) in [6, 6.07) is 13.7. The molecule has 0 spiro atoms. The molecule has 4 aromatic rings. The molecule has 170 valence electrons. The van der Waals surface area contributed by atoms with E-state index in [0.29, 0.717) is 40.4 Å². The largest absolute Gasteiger partial charge is 0.495 e. The highest BCUT2D eigenvalue weighted by atomic mass is 35.5. The average Bonchev–Trinajstić information content (AvgIpc) is 3.26. The summed E-state index contributed by atoms with van der Waals surface area (Å²) < 4.78 is 19.1. The first-order valence-electron chi connectivity index (χ1n) is 10.9. The van der Waals surface area contributed by atoms with E-state index in [-0.39, 0.29) is 6.04 Å². The number of nitrogens with one attached hydrogen (secondary N) is 2. The minimum absolute atomic E-state index is 0.142. The maximum Gasteiger partial charge on any atom is 0.227 e. The van der Waals surface area contributed by atoms with E-state index in [9.17, 15) is 4.57 Å². The number of halogens is 1. The lowest BCUT2D eigenvalue weighted by Gasteiger charge is -2.27. The topological polar surface area (TPSA) is 106 Å². The van der Waals surface area contributed by atoms with E-state index in [4.69, 9.17) is 22.1 Å². The van der Waals surface area contributed by atoms with Crippen LogP contribution in [0.3, 0.4) is 0 Å². The number of para-hydroxylation sites is 1. The van der Waals surface area contributed by atoms with Gasteiger partial charge in [0.15, 0.2) is 0 Å². The third-order valence-electron chi connectivity index (χ3n) is 6.21. The van der Waals surface area contributed by atoms with Gasteiger partial charge in [0.1, 0.15) is 12.9 Å². The quantitative estimate of drug-likeness (QED) is 0.341. The number of hydrogen-bond acceptors (Lipinski definition) is 6. The highest BCUT2D eigenvalue weighted by molar-refractivity contribution is 7.71. The molecule has 4 N–H and O–H groups in total. The summed E-state index contributed by atoms with van der Waals surface area (Å²) in [5.41, 5.74) is 9.23. The van der Waals surface area contributed by atoms with Gasteiger partial charge < -0.3 is 25.3 Å². The van der Waals surface area contributed by atoms with Crippen LogP contribution in [0.1, 0.15) is 12.8 Å². The Labute approximate surface area is 197 Å². The summed E-state index contributed by atoms with van der Waals surface area (Å²) in [7, 11) is -0.862. The van der Waals surface area contributed by atoms with Crippen molar-refractivity contribution in [3.8, 4) is 17.0 Å². The van der Waals surface area contributed by atoms with Gasteiger partial charge in [-0.3, -0.25) is 0 Å². The summed E-state index contributed by atoms with van der Waals surface area (Å²) in [5, 5.41) is 5.54. The molecule has 3 heterocycles. The second-order valence-electron chi connectivity index (χ2n) is 8.32. The van der Waals surface area contributed by atoms with E-state index < -0.39 is 7.14 Å². The maximum atomic E-state index is 13.5. The standard InChI is InChI=1S/C24H25ClN5O2P/c1-32-22-12-16(33(31)10-8-15(26)9-11-33)6-7-21(22)29-24-28-14-19(25)23(30-24)18-13-27-20-5-3-2-4-17(18)20/h2-7,12-15,27H,8-11,26H2,1H3,(H,28,29,30)/t15-,33+. The van der Waals surface area contributed by atoms with Crippen LogP contribution in [-0.2, 0) is 4.57 Å². The molecule has 2 aromatic heterocycles. The lowest BCUT2D eigenvalue weighted by molar-refractivity contribution is 0.417. The van der Waals surface area contributed by atoms with Crippen LogP contribution in [0.2, 0.25) is 5.02 Å². The zero-order valence-electron chi connectivity index (χ0n) is 18.2. The number of hydrogen-bond donors (Lipinski definition) is 3. The van der Waals surface area contributed by atoms with E-state index in [1.807, 2.05) is 48.7 Å². The molecule has 0 amide bonds. The molecule has 2 aromatic carbocycles. The number of anilines is 2. The van der Waals surface area contributed by atoms with Crippen LogP contribution in [0.4, 0.5) is 11.6 Å². The minimum Gasteiger partial charge on any atom is -0.495 e. The summed E-state index contributed by atoms with van der Waals surface area (Å²) in [4.78, 5) is 12.3. The van der Waals surface area contributed by atoms with Gasteiger partial charge in [-0.25, -0.2) is 9.97 Å². The van der Waals surface area contributed by atoms with Crippen LogP contribution in [0, 0.1) is 0 Å². The summed E-state index contributed by atoms with van der Waals surface area (Å²) in [5.74, 6) is 0.978. The molecule has 7 nitrogen and oxygen atoms in total. The van der Waals surface area contributed by atoms with E-state index in [0.717, 1.165) is 34.6 Å². The van der Waals surface area contributed by atoms with Crippen molar-refractivity contribution >= 4 is 46.6 Å².